The van der Waals surface area contributed by atoms with E-state index in [9.17, 15) is 18.0 Å². The van der Waals surface area contributed by atoms with Gasteiger partial charge in [0, 0.05) is 24.6 Å². The maximum atomic E-state index is 12.9. The number of carbonyl (C=O) groups excluding carboxylic acids is 2. The molecule has 0 unspecified atom stereocenters. The van der Waals surface area contributed by atoms with Crippen LogP contribution < -0.4 is 10.9 Å². The molecule has 8 heteroatoms. The molecule has 1 aliphatic heterocycles. The molecule has 0 aromatic heterocycles. The predicted octanol–water partition coefficient (Wildman–Crippen LogP) is 2.47. The summed E-state index contributed by atoms with van der Waals surface area (Å²) in [6.07, 6.45) is 0.798. The van der Waals surface area contributed by atoms with Gasteiger partial charge in [-0.1, -0.05) is 23.8 Å². The van der Waals surface area contributed by atoms with Crippen LogP contribution in [0.2, 0.25) is 0 Å². The van der Waals surface area contributed by atoms with Gasteiger partial charge in [-0.2, -0.15) is 4.31 Å². The van der Waals surface area contributed by atoms with Gasteiger partial charge in [-0.05, 0) is 69.0 Å². The van der Waals surface area contributed by atoms with E-state index < -0.39 is 15.9 Å². The Labute approximate surface area is 177 Å². The molecule has 7 nitrogen and oxygen atoms in total. The van der Waals surface area contributed by atoms with E-state index in [0.717, 1.165) is 16.7 Å². The highest BCUT2D eigenvalue weighted by Crippen LogP contribution is 2.25. The number of carbonyl (C=O) groups is 2. The van der Waals surface area contributed by atoms with Crippen molar-refractivity contribution in [2.24, 2.45) is 5.92 Å². The highest BCUT2D eigenvalue weighted by molar-refractivity contribution is 7.89. The van der Waals surface area contributed by atoms with Crippen LogP contribution in [-0.2, 0) is 14.8 Å². The van der Waals surface area contributed by atoms with Crippen LogP contribution in [0.15, 0.2) is 47.4 Å². The summed E-state index contributed by atoms with van der Waals surface area (Å²) in [7, 11) is -3.58. The summed E-state index contributed by atoms with van der Waals surface area (Å²) in [5.41, 5.74) is 8.34. The molecule has 0 radical (unpaired) electrons. The van der Waals surface area contributed by atoms with Crippen LogP contribution in [0.25, 0.3) is 0 Å². The van der Waals surface area contributed by atoms with Gasteiger partial charge >= 0.3 is 0 Å². The van der Waals surface area contributed by atoms with Crippen molar-refractivity contribution in [2.45, 2.75) is 38.5 Å². The van der Waals surface area contributed by atoms with Gasteiger partial charge in [-0.25, -0.2) is 8.42 Å². The maximum absolute atomic E-state index is 12.9. The first-order valence-corrected chi connectivity index (χ1v) is 11.4. The van der Waals surface area contributed by atoms with Crippen LogP contribution in [-0.4, -0.2) is 37.6 Å². The normalized spacial score (nSPS) is 15.6. The van der Waals surface area contributed by atoms with Crippen molar-refractivity contribution in [1.29, 1.82) is 0 Å². The number of amides is 2. The summed E-state index contributed by atoms with van der Waals surface area (Å²) in [4.78, 5) is 24.8. The van der Waals surface area contributed by atoms with Crippen LogP contribution >= 0.6 is 0 Å². The number of benzene rings is 2. The minimum Gasteiger partial charge on any atom is -0.273 e. The van der Waals surface area contributed by atoms with Gasteiger partial charge in [0.2, 0.25) is 15.9 Å². The first kappa shape index (κ1) is 22.0. The number of nitrogens with one attached hydrogen (secondary N) is 2. The summed E-state index contributed by atoms with van der Waals surface area (Å²) < 4.78 is 27.2. The predicted molar refractivity (Wildman–Crippen MR) is 114 cm³/mol. The molecule has 30 heavy (non-hydrogen) atoms. The van der Waals surface area contributed by atoms with Crippen molar-refractivity contribution in [1.82, 2.24) is 15.2 Å². The number of hydrazine groups is 1. The molecule has 0 spiro atoms. The van der Waals surface area contributed by atoms with E-state index in [1.807, 2.05) is 32.9 Å². The molecular formula is C22H27N3O4S. The Hall–Kier alpha value is -2.71. The molecule has 1 saturated heterocycles. The third-order valence-corrected chi connectivity index (χ3v) is 7.45. The standard InChI is InChI=1S/C22H27N3O4S/c1-15-4-7-18(8-5-15)21(26)23-24-22(27)19-10-12-25(13-11-19)30(28,29)20-9-6-16(2)17(3)14-20/h4-9,14,19H,10-13H2,1-3H3,(H,23,26)(H,24,27). The summed E-state index contributed by atoms with van der Waals surface area (Å²) in [5, 5.41) is 0. The molecule has 0 atom stereocenters. The fourth-order valence-electron chi connectivity index (χ4n) is 3.38. The molecule has 2 aromatic rings. The molecule has 1 aliphatic rings. The van der Waals surface area contributed by atoms with E-state index in [0.29, 0.717) is 18.4 Å². The second-order valence-corrected chi connectivity index (χ2v) is 9.67. The van der Waals surface area contributed by atoms with Gasteiger partial charge in [0.1, 0.15) is 0 Å². The van der Waals surface area contributed by atoms with Crippen LogP contribution in [0.1, 0.15) is 39.9 Å². The zero-order valence-electron chi connectivity index (χ0n) is 17.4. The van der Waals surface area contributed by atoms with Crippen LogP contribution in [0.3, 0.4) is 0 Å². The lowest BCUT2D eigenvalue weighted by Gasteiger charge is -2.30. The van der Waals surface area contributed by atoms with Gasteiger partial charge in [-0.15, -0.1) is 0 Å². The van der Waals surface area contributed by atoms with Gasteiger partial charge in [0.05, 0.1) is 4.90 Å². The smallest absolute Gasteiger partial charge is 0.269 e. The first-order valence-electron chi connectivity index (χ1n) is 9.93. The Kier molecular flexibility index (Phi) is 6.58. The monoisotopic (exact) mass is 429 g/mol. The molecular weight excluding hydrogens is 402 g/mol. The molecule has 0 aliphatic carbocycles. The second kappa shape index (κ2) is 8.97. The van der Waals surface area contributed by atoms with Gasteiger partial charge in [0.15, 0.2) is 0 Å². The van der Waals surface area contributed by atoms with E-state index in [-0.39, 0.29) is 29.8 Å². The number of piperidine rings is 1. The third-order valence-electron chi connectivity index (χ3n) is 5.55. The van der Waals surface area contributed by atoms with Gasteiger partial charge < -0.3 is 0 Å². The third kappa shape index (κ3) is 4.88. The highest BCUT2D eigenvalue weighted by Gasteiger charge is 2.32. The zero-order chi connectivity index (χ0) is 21.9. The zero-order valence-corrected chi connectivity index (χ0v) is 18.3. The van der Waals surface area contributed by atoms with Crippen molar-refractivity contribution < 1.29 is 18.0 Å². The van der Waals surface area contributed by atoms with E-state index in [4.69, 9.17) is 0 Å². The minimum absolute atomic E-state index is 0.263. The highest BCUT2D eigenvalue weighted by atomic mass is 32.2. The number of hydrogen-bond acceptors (Lipinski definition) is 4. The Bertz CT molecular complexity index is 1040. The Morgan fingerprint density at radius 3 is 2.13 bits per heavy atom. The van der Waals surface area contributed by atoms with Crippen LogP contribution in [0.5, 0.6) is 0 Å². The van der Waals surface area contributed by atoms with Crippen LogP contribution in [0.4, 0.5) is 0 Å². The molecule has 1 fully saturated rings. The molecule has 0 bridgehead atoms. The maximum Gasteiger partial charge on any atom is 0.269 e. The number of aryl methyl sites for hydroxylation is 3. The molecule has 160 valence electrons. The summed E-state index contributed by atoms with van der Waals surface area (Å²) >= 11 is 0. The average Bonchev–Trinajstić information content (AvgIpc) is 2.74. The number of nitrogens with zero attached hydrogens (tertiary/aromatic N) is 1. The Morgan fingerprint density at radius 1 is 0.900 bits per heavy atom. The fraction of sp³-hybridized carbons (Fsp3) is 0.364. The van der Waals surface area contributed by atoms with Gasteiger partial charge in [-0.3, -0.25) is 20.4 Å². The molecule has 3 rings (SSSR count). The average molecular weight is 430 g/mol. The largest absolute Gasteiger partial charge is 0.273 e. The SMILES string of the molecule is Cc1ccc(C(=O)NNC(=O)C2CCN(S(=O)(=O)c3ccc(C)c(C)c3)CC2)cc1. The minimum atomic E-state index is -3.58. The van der Waals surface area contributed by atoms with E-state index in [1.54, 1.807) is 30.3 Å². The number of rotatable bonds is 4. The first-order chi connectivity index (χ1) is 14.2. The molecule has 0 saturated carbocycles. The van der Waals surface area contributed by atoms with E-state index in [2.05, 4.69) is 10.9 Å². The lowest BCUT2D eigenvalue weighted by Crippen LogP contribution is -2.48. The summed E-state index contributed by atoms with van der Waals surface area (Å²) in [5.74, 6) is -1.05. The van der Waals surface area contributed by atoms with Gasteiger partial charge in [0.25, 0.3) is 5.91 Å². The molecule has 2 N–H and O–H groups in total. The van der Waals surface area contributed by atoms with Crippen molar-refractivity contribution in [2.75, 3.05) is 13.1 Å². The number of sulfonamides is 1. The topological polar surface area (TPSA) is 95.6 Å². The summed E-state index contributed by atoms with van der Waals surface area (Å²) in [6, 6.07) is 12.1. The van der Waals surface area contributed by atoms with E-state index >= 15 is 0 Å². The molecule has 2 aromatic carbocycles. The lowest BCUT2D eigenvalue weighted by atomic mass is 9.98. The lowest BCUT2D eigenvalue weighted by molar-refractivity contribution is -0.126. The second-order valence-electron chi connectivity index (χ2n) is 7.73. The number of hydrogen-bond donors (Lipinski definition) is 2. The van der Waals surface area contributed by atoms with Crippen molar-refractivity contribution in [3.05, 3.63) is 64.7 Å². The fourth-order valence-corrected chi connectivity index (χ4v) is 4.93. The molecule has 1 heterocycles. The quantitative estimate of drug-likeness (QED) is 0.730. The Morgan fingerprint density at radius 2 is 1.53 bits per heavy atom. The van der Waals surface area contributed by atoms with Crippen molar-refractivity contribution in [3.63, 3.8) is 0 Å². The Balaban J connectivity index is 1.54. The molecule has 2 amide bonds. The van der Waals surface area contributed by atoms with Crippen LogP contribution in [0, 0.1) is 26.7 Å². The summed E-state index contributed by atoms with van der Waals surface area (Å²) in [6.45, 7) is 6.28. The van der Waals surface area contributed by atoms with Crippen molar-refractivity contribution >= 4 is 21.8 Å². The van der Waals surface area contributed by atoms with E-state index in [1.165, 1.54) is 4.31 Å². The van der Waals surface area contributed by atoms with Crippen molar-refractivity contribution in [3.8, 4) is 0 Å².